The third-order valence-electron chi connectivity index (χ3n) is 12.2. The molecule has 0 radical (unpaired) electrons. The minimum absolute atomic E-state index is 0.198. The summed E-state index contributed by atoms with van der Waals surface area (Å²) in [5.74, 6) is -7.85. The lowest BCUT2D eigenvalue weighted by atomic mass is 9.36. The van der Waals surface area contributed by atoms with Crippen LogP contribution >= 0.6 is 0 Å². The van der Waals surface area contributed by atoms with Crippen molar-refractivity contribution in [2.24, 2.45) is 39.9 Å². The molecular weight excluding hydrogens is 612 g/mol. The van der Waals surface area contributed by atoms with E-state index in [9.17, 15) is 29.4 Å². The van der Waals surface area contributed by atoms with Gasteiger partial charge in [0.05, 0.1) is 31.5 Å². The smallest absolute Gasteiger partial charge is 0.331 e. The predicted molar refractivity (Wildman–Crippen MR) is 162 cm³/mol. The van der Waals surface area contributed by atoms with E-state index in [0.29, 0.717) is 24.0 Å². The van der Waals surface area contributed by atoms with Crippen LogP contribution in [0, 0.1) is 39.9 Å². The lowest BCUT2D eigenvalue weighted by molar-refractivity contribution is -0.386. The highest BCUT2D eigenvalue weighted by atomic mass is 16.7. The number of fused-ring (bicyclic) bond motifs is 2. The van der Waals surface area contributed by atoms with Gasteiger partial charge in [-0.1, -0.05) is 55.4 Å². The van der Waals surface area contributed by atoms with Crippen molar-refractivity contribution in [3.63, 3.8) is 0 Å². The maximum absolute atomic E-state index is 13.6. The summed E-state index contributed by atoms with van der Waals surface area (Å²) in [5, 5.41) is 26.4. The van der Waals surface area contributed by atoms with Gasteiger partial charge in [0.1, 0.15) is 17.8 Å². The normalized spacial score (nSPS) is 42.7. The van der Waals surface area contributed by atoms with Crippen LogP contribution in [0.15, 0.2) is 34.7 Å². The molecule has 3 aliphatic heterocycles. The minimum Gasteiger partial charge on any atom is -0.472 e. The molecule has 4 fully saturated rings. The Morgan fingerprint density at radius 3 is 2.17 bits per heavy atom. The van der Waals surface area contributed by atoms with E-state index in [0.717, 1.165) is 0 Å². The monoisotopic (exact) mass is 658 g/mol. The van der Waals surface area contributed by atoms with Gasteiger partial charge >= 0.3 is 23.9 Å². The predicted octanol–water partition coefficient (Wildman–Crippen LogP) is 3.78. The Kier molecular flexibility index (Phi) is 7.44. The SMILES string of the molecule is COC(=O)C[C@H]1C(C)(C)[C@H](OC(=O)C(C)C)[C@]2(O)[C@@H](OC(=O)C(C)C)[C@@]34O[C@]2(O)[C@]1(C)[C@H]3CC[C@]1(C)C4=CC(=O)O[C@H]1c1ccoc1. The highest BCUT2D eigenvalue weighted by molar-refractivity contribution is 5.86. The topological polar surface area (TPSA) is 168 Å². The van der Waals surface area contributed by atoms with Crippen LogP contribution in [-0.4, -0.2) is 70.4 Å². The zero-order chi connectivity index (χ0) is 34.7. The standard InChI is InChI=1S/C35H46O12/c1-17(2)26(38)45-28-30(5,6)21(14-23(36)42-9)32(8)20-10-12-31(7)22(15-24(37)44-25(31)19-11-13-43-16-19)33(20)29(46-27(39)18(3)4)34(28,40)35(32,41)47-33/h11,13,15-18,20-21,25,28-29,40-41H,10,12,14H2,1-9H3/t20-,21+,25+,28+,29+,31-,32-,33-,34+,35-/m1/s1. The summed E-state index contributed by atoms with van der Waals surface area (Å²) < 4.78 is 35.6. The molecule has 1 spiro atoms. The summed E-state index contributed by atoms with van der Waals surface area (Å²) in [7, 11) is 1.27. The number of esters is 4. The molecule has 47 heavy (non-hydrogen) atoms. The average Bonchev–Trinajstić information content (AvgIpc) is 3.65. The molecule has 2 N–H and O–H groups in total. The van der Waals surface area contributed by atoms with Crippen LogP contribution in [0.3, 0.4) is 0 Å². The zero-order valence-electron chi connectivity index (χ0n) is 28.4. The summed E-state index contributed by atoms with van der Waals surface area (Å²) in [5.41, 5.74) is -6.92. The van der Waals surface area contributed by atoms with E-state index in [1.165, 1.54) is 25.7 Å². The van der Waals surface area contributed by atoms with E-state index in [4.69, 9.17) is 28.1 Å². The van der Waals surface area contributed by atoms with E-state index in [-0.39, 0.29) is 6.42 Å². The number of cyclic esters (lactones) is 1. The summed E-state index contributed by atoms with van der Waals surface area (Å²) in [6.07, 6.45) is 0.913. The van der Waals surface area contributed by atoms with E-state index in [1.807, 2.05) is 6.92 Å². The first kappa shape index (κ1) is 33.7. The van der Waals surface area contributed by atoms with Crippen LogP contribution < -0.4 is 0 Å². The zero-order valence-corrected chi connectivity index (χ0v) is 28.4. The molecule has 0 amide bonds. The molecule has 2 bridgehead atoms. The van der Waals surface area contributed by atoms with Gasteiger partial charge in [-0.25, -0.2) is 4.79 Å². The van der Waals surface area contributed by atoms with Gasteiger partial charge in [-0.3, -0.25) is 14.4 Å². The van der Waals surface area contributed by atoms with Gasteiger partial charge in [0, 0.05) is 40.2 Å². The molecule has 5 aliphatic rings. The summed E-state index contributed by atoms with van der Waals surface area (Å²) >= 11 is 0. The number of hydrogen-bond donors (Lipinski definition) is 2. The van der Waals surface area contributed by atoms with Gasteiger partial charge in [0.25, 0.3) is 0 Å². The maximum atomic E-state index is 13.6. The molecule has 0 unspecified atom stereocenters. The molecule has 0 aromatic carbocycles. The molecule has 2 saturated carbocycles. The molecule has 1 aromatic heterocycles. The van der Waals surface area contributed by atoms with Gasteiger partial charge in [0.15, 0.2) is 11.7 Å². The molecular formula is C35H46O12. The number of rotatable bonds is 7. The van der Waals surface area contributed by atoms with Crippen molar-refractivity contribution in [2.75, 3.05) is 7.11 Å². The maximum Gasteiger partial charge on any atom is 0.331 e. The molecule has 6 rings (SSSR count). The Morgan fingerprint density at radius 2 is 1.62 bits per heavy atom. The van der Waals surface area contributed by atoms with Crippen LogP contribution in [0.25, 0.3) is 0 Å². The van der Waals surface area contributed by atoms with Crippen LogP contribution in [0.4, 0.5) is 0 Å². The molecule has 2 saturated heterocycles. The first-order valence-electron chi connectivity index (χ1n) is 16.4. The second-order valence-electron chi connectivity index (χ2n) is 15.7. The van der Waals surface area contributed by atoms with E-state index in [1.54, 1.807) is 54.5 Å². The summed E-state index contributed by atoms with van der Waals surface area (Å²) in [4.78, 5) is 53.5. The third kappa shape index (κ3) is 3.98. The average molecular weight is 659 g/mol. The Bertz CT molecular complexity index is 1530. The fraction of sp³-hybridized carbons (Fsp3) is 0.714. The first-order valence-corrected chi connectivity index (χ1v) is 16.4. The van der Waals surface area contributed by atoms with Gasteiger partial charge in [0.2, 0.25) is 5.79 Å². The van der Waals surface area contributed by atoms with Crippen molar-refractivity contribution in [2.45, 2.75) is 110 Å². The number of furan rings is 1. The number of aliphatic hydroxyl groups is 2. The third-order valence-corrected chi connectivity index (χ3v) is 12.2. The first-order chi connectivity index (χ1) is 21.8. The lowest BCUT2D eigenvalue weighted by Gasteiger charge is -2.69. The molecule has 10 atom stereocenters. The van der Waals surface area contributed by atoms with Crippen LogP contribution in [0.5, 0.6) is 0 Å². The summed E-state index contributed by atoms with van der Waals surface area (Å²) in [6, 6.07) is 1.70. The Morgan fingerprint density at radius 1 is 1.00 bits per heavy atom. The Hall–Kier alpha value is -3.22. The van der Waals surface area contributed by atoms with Crippen molar-refractivity contribution in [3.8, 4) is 0 Å². The number of carbonyl (C=O) groups is 4. The molecule has 258 valence electrons. The van der Waals surface area contributed by atoms with Gasteiger partial charge in [-0.15, -0.1) is 0 Å². The fourth-order valence-corrected chi connectivity index (χ4v) is 10.1. The summed E-state index contributed by atoms with van der Waals surface area (Å²) in [6.45, 7) is 13.7. The largest absolute Gasteiger partial charge is 0.472 e. The number of hydrogen-bond acceptors (Lipinski definition) is 12. The van der Waals surface area contributed by atoms with Crippen molar-refractivity contribution >= 4 is 23.9 Å². The van der Waals surface area contributed by atoms with Crippen molar-refractivity contribution in [1.82, 2.24) is 0 Å². The van der Waals surface area contributed by atoms with Crippen molar-refractivity contribution in [1.29, 1.82) is 0 Å². The van der Waals surface area contributed by atoms with Crippen molar-refractivity contribution in [3.05, 3.63) is 35.8 Å². The fourth-order valence-electron chi connectivity index (χ4n) is 10.1. The number of carbonyl (C=O) groups excluding carboxylic acids is 4. The van der Waals surface area contributed by atoms with Crippen molar-refractivity contribution < 1.29 is 57.5 Å². The van der Waals surface area contributed by atoms with Crippen LogP contribution in [0.1, 0.15) is 86.3 Å². The molecule has 4 heterocycles. The molecule has 12 heteroatoms. The highest BCUT2D eigenvalue weighted by Gasteiger charge is 2.96. The molecule has 1 aromatic rings. The second kappa shape index (κ2) is 10.4. The second-order valence-corrected chi connectivity index (χ2v) is 15.7. The van der Waals surface area contributed by atoms with Gasteiger partial charge < -0.3 is 38.3 Å². The van der Waals surface area contributed by atoms with E-state index in [2.05, 4.69) is 0 Å². The van der Waals surface area contributed by atoms with Gasteiger partial charge in [-0.2, -0.15) is 0 Å². The van der Waals surface area contributed by atoms with Crippen LogP contribution in [-0.2, 0) is 42.9 Å². The minimum atomic E-state index is -2.55. The number of ether oxygens (including phenoxy) is 5. The highest BCUT2D eigenvalue weighted by Crippen LogP contribution is 2.82. The van der Waals surface area contributed by atoms with E-state index >= 15 is 0 Å². The molecule has 12 nitrogen and oxygen atoms in total. The quantitative estimate of drug-likeness (QED) is 0.322. The molecule has 2 aliphatic carbocycles. The van der Waals surface area contributed by atoms with E-state index < -0.39 is 99.1 Å². The lowest BCUT2D eigenvalue weighted by Crippen LogP contribution is -2.84. The van der Waals surface area contributed by atoms with Gasteiger partial charge in [-0.05, 0) is 30.4 Å². The Balaban J connectivity index is 1.66. The van der Waals surface area contributed by atoms with Crippen LogP contribution in [0.2, 0.25) is 0 Å². The Labute approximate surface area is 274 Å². The number of methoxy groups -OCH3 is 1.